The average Bonchev–Trinajstić information content (AvgIpc) is 2.70. The standard InChI is InChI=1S/C11H8F3N3O2/c1-6-9(10(18)19)15-16-17(6)8-5-3-2-4-7(8)11(12,13)14/h2-5H,1H3,(H,18,19). The van der Waals surface area contributed by atoms with Crippen LogP contribution >= 0.6 is 0 Å². The molecule has 2 rings (SSSR count). The Labute approximate surface area is 105 Å². The smallest absolute Gasteiger partial charge is 0.418 e. The lowest BCUT2D eigenvalue weighted by atomic mass is 10.1. The summed E-state index contributed by atoms with van der Waals surface area (Å²) < 4.78 is 39.4. The van der Waals surface area contributed by atoms with Crippen molar-refractivity contribution in [2.75, 3.05) is 0 Å². The second kappa shape index (κ2) is 4.38. The molecule has 0 radical (unpaired) electrons. The molecule has 0 aliphatic heterocycles. The van der Waals surface area contributed by atoms with E-state index >= 15 is 0 Å². The van der Waals surface area contributed by atoms with Crippen LogP contribution in [0.4, 0.5) is 13.2 Å². The van der Waals surface area contributed by atoms with Crippen molar-refractivity contribution in [1.82, 2.24) is 15.0 Å². The summed E-state index contributed by atoms with van der Waals surface area (Å²) in [4.78, 5) is 10.8. The Bertz CT molecular complexity index is 634. The largest absolute Gasteiger partial charge is 0.476 e. The number of halogens is 3. The highest BCUT2D eigenvalue weighted by molar-refractivity contribution is 5.86. The molecule has 1 heterocycles. The number of aromatic nitrogens is 3. The molecule has 5 nitrogen and oxygen atoms in total. The topological polar surface area (TPSA) is 68.0 Å². The molecule has 0 bridgehead atoms. The number of alkyl halides is 3. The number of carboxylic acid groups (broad SMARTS) is 1. The van der Waals surface area contributed by atoms with Crippen LogP contribution in [0.1, 0.15) is 21.7 Å². The number of hydrogen-bond acceptors (Lipinski definition) is 3. The first-order chi connectivity index (χ1) is 8.82. The van der Waals surface area contributed by atoms with E-state index in [0.29, 0.717) is 0 Å². The van der Waals surface area contributed by atoms with Crippen LogP contribution in [0.5, 0.6) is 0 Å². The minimum absolute atomic E-state index is 0.0317. The first kappa shape index (κ1) is 13.1. The highest BCUT2D eigenvalue weighted by atomic mass is 19.4. The summed E-state index contributed by atoms with van der Waals surface area (Å²) in [5.41, 5.74) is -1.51. The number of hydrogen-bond donors (Lipinski definition) is 1. The quantitative estimate of drug-likeness (QED) is 0.909. The summed E-state index contributed by atoms with van der Waals surface area (Å²) in [6.45, 7) is 1.34. The number of benzene rings is 1. The predicted molar refractivity (Wildman–Crippen MR) is 58.1 cm³/mol. The lowest BCUT2D eigenvalue weighted by molar-refractivity contribution is -0.137. The highest BCUT2D eigenvalue weighted by Gasteiger charge is 2.34. The van der Waals surface area contributed by atoms with Crippen molar-refractivity contribution in [3.63, 3.8) is 0 Å². The van der Waals surface area contributed by atoms with Gasteiger partial charge in [-0.2, -0.15) is 13.2 Å². The highest BCUT2D eigenvalue weighted by Crippen LogP contribution is 2.33. The molecule has 1 N–H and O–H groups in total. The van der Waals surface area contributed by atoms with Gasteiger partial charge in [0.15, 0.2) is 5.69 Å². The number of nitrogens with zero attached hydrogens (tertiary/aromatic N) is 3. The molecular weight excluding hydrogens is 263 g/mol. The Morgan fingerprint density at radius 2 is 1.95 bits per heavy atom. The van der Waals surface area contributed by atoms with E-state index in [4.69, 9.17) is 5.11 Å². The zero-order chi connectivity index (χ0) is 14.2. The van der Waals surface area contributed by atoms with Gasteiger partial charge in [0.1, 0.15) is 0 Å². The van der Waals surface area contributed by atoms with Crippen molar-refractivity contribution in [1.29, 1.82) is 0 Å². The second-order valence-corrected chi connectivity index (χ2v) is 3.76. The minimum atomic E-state index is -4.56. The van der Waals surface area contributed by atoms with Crippen molar-refractivity contribution in [2.24, 2.45) is 0 Å². The number of carboxylic acids is 1. The van der Waals surface area contributed by atoms with Crippen LogP contribution in [0.2, 0.25) is 0 Å². The van der Waals surface area contributed by atoms with Gasteiger partial charge in [-0.3, -0.25) is 0 Å². The molecule has 0 aliphatic rings. The van der Waals surface area contributed by atoms with E-state index in [-0.39, 0.29) is 17.1 Å². The van der Waals surface area contributed by atoms with E-state index < -0.39 is 17.7 Å². The van der Waals surface area contributed by atoms with E-state index in [1.807, 2.05) is 0 Å². The zero-order valence-electron chi connectivity index (χ0n) is 9.64. The van der Waals surface area contributed by atoms with Crippen LogP contribution < -0.4 is 0 Å². The molecule has 0 atom stereocenters. The third-order valence-corrected chi connectivity index (χ3v) is 2.53. The van der Waals surface area contributed by atoms with Crippen LogP contribution in [0.3, 0.4) is 0 Å². The fraction of sp³-hybridized carbons (Fsp3) is 0.182. The SMILES string of the molecule is Cc1c(C(=O)O)nnn1-c1ccccc1C(F)(F)F. The van der Waals surface area contributed by atoms with Crippen LogP contribution in [0.15, 0.2) is 24.3 Å². The molecule has 1 aromatic carbocycles. The molecule has 0 saturated carbocycles. The van der Waals surface area contributed by atoms with Crippen molar-refractivity contribution in [3.8, 4) is 5.69 Å². The van der Waals surface area contributed by atoms with Gasteiger partial charge in [-0.05, 0) is 19.1 Å². The van der Waals surface area contributed by atoms with Crippen LogP contribution in [-0.4, -0.2) is 26.1 Å². The molecule has 1 aromatic heterocycles. The monoisotopic (exact) mass is 271 g/mol. The number of aromatic carboxylic acids is 1. The first-order valence-corrected chi connectivity index (χ1v) is 5.14. The zero-order valence-corrected chi connectivity index (χ0v) is 9.64. The van der Waals surface area contributed by atoms with E-state index in [1.54, 1.807) is 0 Å². The van der Waals surface area contributed by atoms with Gasteiger partial charge in [-0.25, -0.2) is 9.48 Å². The molecular formula is C11H8F3N3O2. The Kier molecular flexibility index (Phi) is 3.01. The fourth-order valence-corrected chi connectivity index (χ4v) is 1.65. The van der Waals surface area contributed by atoms with Crippen LogP contribution in [-0.2, 0) is 6.18 Å². The third-order valence-electron chi connectivity index (χ3n) is 2.53. The number of carbonyl (C=O) groups is 1. The Hall–Kier alpha value is -2.38. The van der Waals surface area contributed by atoms with Crippen molar-refractivity contribution < 1.29 is 23.1 Å². The molecule has 0 aliphatic carbocycles. The van der Waals surface area contributed by atoms with Crippen LogP contribution in [0.25, 0.3) is 5.69 Å². The maximum absolute atomic E-state index is 12.9. The van der Waals surface area contributed by atoms with E-state index in [1.165, 1.54) is 25.1 Å². The second-order valence-electron chi connectivity index (χ2n) is 3.76. The number of para-hydroxylation sites is 1. The summed E-state index contributed by atoms with van der Waals surface area (Å²) in [5.74, 6) is -1.34. The lowest BCUT2D eigenvalue weighted by Crippen LogP contribution is -2.12. The van der Waals surface area contributed by atoms with Crippen molar-refractivity contribution in [2.45, 2.75) is 13.1 Å². The van der Waals surface area contributed by atoms with Gasteiger partial charge in [0.05, 0.1) is 16.9 Å². The summed E-state index contributed by atoms with van der Waals surface area (Å²) in [6.07, 6.45) is -4.56. The molecule has 0 spiro atoms. The molecule has 0 amide bonds. The first-order valence-electron chi connectivity index (χ1n) is 5.14. The van der Waals surface area contributed by atoms with Gasteiger partial charge in [0.2, 0.25) is 0 Å². The summed E-state index contributed by atoms with van der Waals surface area (Å²) >= 11 is 0. The molecule has 0 saturated heterocycles. The van der Waals surface area contributed by atoms with E-state index in [0.717, 1.165) is 10.7 Å². The number of rotatable bonds is 2. The third kappa shape index (κ3) is 2.28. The molecule has 0 unspecified atom stereocenters. The van der Waals surface area contributed by atoms with Crippen molar-refractivity contribution in [3.05, 3.63) is 41.2 Å². The van der Waals surface area contributed by atoms with E-state index in [9.17, 15) is 18.0 Å². The molecule has 19 heavy (non-hydrogen) atoms. The molecule has 2 aromatic rings. The summed E-state index contributed by atoms with van der Waals surface area (Å²) in [7, 11) is 0. The van der Waals surface area contributed by atoms with Gasteiger partial charge >= 0.3 is 12.1 Å². The van der Waals surface area contributed by atoms with E-state index in [2.05, 4.69) is 10.3 Å². The molecule has 8 heteroatoms. The predicted octanol–water partition coefficient (Wildman–Crippen LogP) is 2.29. The van der Waals surface area contributed by atoms with Gasteiger partial charge in [-0.1, -0.05) is 17.3 Å². The minimum Gasteiger partial charge on any atom is -0.476 e. The Morgan fingerprint density at radius 3 is 2.47 bits per heavy atom. The van der Waals surface area contributed by atoms with Crippen molar-refractivity contribution >= 4 is 5.97 Å². The normalized spacial score (nSPS) is 11.6. The summed E-state index contributed by atoms with van der Waals surface area (Å²) in [5, 5.41) is 15.6. The Morgan fingerprint density at radius 1 is 1.32 bits per heavy atom. The maximum Gasteiger partial charge on any atom is 0.418 e. The molecule has 0 fully saturated rings. The lowest BCUT2D eigenvalue weighted by Gasteiger charge is -2.12. The van der Waals surface area contributed by atoms with Crippen LogP contribution in [0, 0.1) is 6.92 Å². The Balaban J connectivity index is 2.64. The maximum atomic E-state index is 12.9. The van der Waals surface area contributed by atoms with Gasteiger partial charge in [0.25, 0.3) is 0 Å². The summed E-state index contributed by atoms with van der Waals surface area (Å²) in [6, 6.07) is 4.76. The van der Waals surface area contributed by atoms with Gasteiger partial charge < -0.3 is 5.11 Å². The van der Waals surface area contributed by atoms with Gasteiger partial charge in [-0.15, -0.1) is 5.10 Å². The van der Waals surface area contributed by atoms with Gasteiger partial charge in [0, 0.05) is 0 Å². The average molecular weight is 271 g/mol. The fourth-order valence-electron chi connectivity index (χ4n) is 1.65. The molecule has 100 valence electrons.